The summed E-state index contributed by atoms with van der Waals surface area (Å²) in [6.07, 6.45) is 8.66. The van der Waals surface area contributed by atoms with Crippen molar-refractivity contribution in [2.24, 2.45) is 0 Å². The van der Waals surface area contributed by atoms with Gasteiger partial charge in [0.2, 0.25) is 0 Å². The number of amides is 1. The summed E-state index contributed by atoms with van der Waals surface area (Å²) in [4.78, 5) is 16.5. The Labute approximate surface area is 152 Å². The van der Waals surface area contributed by atoms with Crippen molar-refractivity contribution in [1.29, 1.82) is 0 Å². The van der Waals surface area contributed by atoms with Crippen molar-refractivity contribution in [3.8, 4) is 0 Å². The quantitative estimate of drug-likeness (QED) is 0.913. The molecule has 2 aliphatic rings. The summed E-state index contributed by atoms with van der Waals surface area (Å²) in [5.41, 5.74) is 3.31. The van der Waals surface area contributed by atoms with Gasteiger partial charge in [0.25, 0.3) is 5.91 Å². The third-order valence-corrected chi connectivity index (χ3v) is 6.50. The first kappa shape index (κ1) is 16.8. The van der Waals surface area contributed by atoms with Gasteiger partial charge in [-0.15, -0.1) is 11.3 Å². The predicted molar refractivity (Wildman–Crippen MR) is 98.2 cm³/mol. The van der Waals surface area contributed by atoms with Crippen LogP contribution in [0.3, 0.4) is 0 Å². The fourth-order valence-electron chi connectivity index (χ4n) is 4.07. The Balaban J connectivity index is 1.48. The van der Waals surface area contributed by atoms with E-state index in [-0.39, 0.29) is 12.5 Å². The van der Waals surface area contributed by atoms with Gasteiger partial charge < -0.3 is 10.0 Å². The van der Waals surface area contributed by atoms with Crippen LogP contribution in [0.4, 0.5) is 0 Å². The molecule has 0 saturated carbocycles. The van der Waals surface area contributed by atoms with Gasteiger partial charge in [0.15, 0.2) is 0 Å². The van der Waals surface area contributed by atoms with Crippen LogP contribution < -0.4 is 0 Å². The number of thiophene rings is 1. The maximum atomic E-state index is 13.1. The lowest BCUT2D eigenvalue weighted by atomic mass is 9.92. The molecule has 1 atom stereocenters. The van der Waals surface area contributed by atoms with Gasteiger partial charge in [-0.3, -0.25) is 9.48 Å². The Bertz CT molecular complexity index is 752. The highest BCUT2D eigenvalue weighted by Gasteiger charge is 2.29. The monoisotopic (exact) mass is 359 g/mol. The Kier molecular flexibility index (Phi) is 4.90. The average Bonchev–Trinajstić information content (AvgIpc) is 3.29. The molecule has 1 fully saturated rings. The number of carbonyl (C=O) groups excluding carboxylic acids is 1. The number of likely N-dealkylation sites (tertiary alicyclic amines) is 1. The van der Waals surface area contributed by atoms with E-state index in [9.17, 15) is 4.79 Å². The van der Waals surface area contributed by atoms with Crippen molar-refractivity contribution in [3.05, 3.63) is 39.3 Å². The van der Waals surface area contributed by atoms with Gasteiger partial charge in [-0.25, -0.2) is 0 Å². The number of aliphatic hydroxyl groups is 1. The first-order chi connectivity index (χ1) is 12.3. The Morgan fingerprint density at radius 2 is 2.20 bits per heavy atom. The molecule has 1 N–H and O–H groups in total. The van der Waals surface area contributed by atoms with Crippen LogP contribution in [0.15, 0.2) is 17.6 Å². The van der Waals surface area contributed by atoms with E-state index >= 15 is 0 Å². The molecule has 1 saturated heterocycles. The molecule has 0 unspecified atom stereocenters. The van der Waals surface area contributed by atoms with E-state index in [4.69, 9.17) is 5.11 Å². The van der Waals surface area contributed by atoms with Gasteiger partial charge in [0.1, 0.15) is 0 Å². The Morgan fingerprint density at radius 3 is 3.08 bits per heavy atom. The molecule has 2 aromatic heterocycles. The minimum absolute atomic E-state index is 0.0969. The minimum Gasteiger partial charge on any atom is -0.394 e. The second-order valence-corrected chi connectivity index (χ2v) is 8.04. The molecule has 1 amide bonds. The number of nitrogens with zero attached hydrogens (tertiary/aromatic N) is 3. The maximum absolute atomic E-state index is 13.1. The van der Waals surface area contributed by atoms with Crippen LogP contribution in [-0.2, 0) is 19.4 Å². The van der Waals surface area contributed by atoms with Crippen LogP contribution >= 0.6 is 11.3 Å². The number of aromatic nitrogens is 2. The Hall–Kier alpha value is -1.66. The summed E-state index contributed by atoms with van der Waals surface area (Å²) in [7, 11) is 0. The lowest BCUT2D eigenvalue weighted by Crippen LogP contribution is -2.39. The number of aryl methyl sites for hydroxylation is 1. The first-order valence-corrected chi connectivity index (χ1v) is 10.2. The van der Waals surface area contributed by atoms with Crippen molar-refractivity contribution in [2.45, 2.75) is 51.0 Å². The molecular weight excluding hydrogens is 334 g/mol. The van der Waals surface area contributed by atoms with Crippen molar-refractivity contribution in [2.75, 3.05) is 19.7 Å². The van der Waals surface area contributed by atoms with Gasteiger partial charge in [-0.1, -0.05) is 0 Å². The number of hydrogen-bond acceptors (Lipinski definition) is 4. The molecule has 0 bridgehead atoms. The van der Waals surface area contributed by atoms with E-state index < -0.39 is 0 Å². The molecule has 4 rings (SSSR count). The minimum atomic E-state index is 0.0969. The van der Waals surface area contributed by atoms with Crippen molar-refractivity contribution in [1.82, 2.24) is 14.7 Å². The highest BCUT2D eigenvalue weighted by molar-refractivity contribution is 7.10. The maximum Gasteiger partial charge on any atom is 0.255 e. The SMILES string of the molecule is O=C(c1csc2c1CCCC2)N1CCC[C@@H](c2ccn(CCO)n2)C1. The largest absolute Gasteiger partial charge is 0.394 e. The van der Waals surface area contributed by atoms with Gasteiger partial charge >= 0.3 is 0 Å². The van der Waals surface area contributed by atoms with Crippen LogP contribution in [0.2, 0.25) is 0 Å². The highest BCUT2D eigenvalue weighted by Crippen LogP contribution is 2.33. The molecule has 2 aromatic rings. The van der Waals surface area contributed by atoms with Gasteiger partial charge in [0.05, 0.1) is 24.4 Å². The number of fused-ring (bicyclic) bond motifs is 1. The summed E-state index contributed by atoms with van der Waals surface area (Å²) in [6.45, 7) is 2.22. The predicted octanol–water partition coefficient (Wildman–Crippen LogP) is 2.84. The average molecular weight is 359 g/mol. The summed E-state index contributed by atoms with van der Waals surface area (Å²) in [5, 5.41) is 15.7. The first-order valence-electron chi connectivity index (χ1n) is 9.29. The molecule has 3 heterocycles. The van der Waals surface area contributed by atoms with Gasteiger partial charge in [-0.05, 0) is 50.2 Å². The van der Waals surface area contributed by atoms with E-state index in [2.05, 4.69) is 10.5 Å². The highest BCUT2D eigenvalue weighted by atomic mass is 32.1. The zero-order valence-corrected chi connectivity index (χ0v) is 15.3. The van der Waals surface area contributed by atoms with Crippen LogP contribution in [0.5, 0.6) is 0 Å². The molecule has 0 aromatic carbocycles. The number of rotatable bonds is 4. The molecule has 134 valence electrons. The van der Waals surface area contributed by atoms with Gasteiger partial charge in [-0.2, -0.15) is 5.10 Å². The zero-order valence-electron chi connectivity index (χ0n) is 14.5. The van der Waals surface area contributed by atoms with E-state index in [1.807, 2.05) is 17.2 Å². The summed E-state index contributed by atoms with van der Waals surface area (Å²) < 4.78 is 1.78. The lowest BCUT2D eigenvalue weighted by molar-refractivity contribution is 0.0705. The summed E-state index contributed by atoms with van der Waals surface area (Å²) >= 11 is 1.76. The lowest BCUT2D eigenvalue weighted by Gasteiger charge is -2.32. The van der Waals surface area contributed by atoms with Crippen molar-refractivity contribution >= 4 is 17.2 Å². The normalized spacial score (nSPS) is 20.5. The topological polar surface area (TPSA) is 58.4 Å². The number of aliphatic hydroxyl groups excluding tert-OH is 1. The molecular formula is C19H25N3O2S. The van der Waals surface area contributed by atoms with E-state index in [1.165, 1.54) is 23.3 Å². The fourth-order valence-corrected chi connectivity index (χ4v) is 5.19. The van der Waals surface area contributed by atoms with E-state index in [1.54, 1.807) is 16.0 Å². The summed E-state index contributed by atoms with van der Waals surface area (Å²) in [6, 6.07) is 2.03. The van der Waals surface area contributed by atoms with Crippen LogP contribution in [0, 0.1) is 0 Å². The third kappa shape index (κ3) is 3.37. The molecule has 0 spiro atoms. The second kappa shape index (κ2) is 7.30. The van der Waals surface area contributed by atoms with Crippen molar-refractivity contribution < 1.29 is 9.90 Å². The fraction of sp³-hybridized carbons (Fsp3) is 0.579. The molecule has 6 heteroatoms. The summed E-state index contributed by atoms with van der Waals surface area (Å²) in [5.74, 6) is 0.506. The van der Waals surface area contributed by atoms with E-state index in [0.29, 0.717) is 12.5 Å². The standard InChI is InChI=1S/C19H25N3O2S/c23-11-10-22-9-7-17(20-22)14-4-3-8-21(12-14)19(24)16-13-25-18-6-2-1-5-15(16)18/h7,9,13-14,23H,1-6,8,10-12H2/t14-/m1/s1. The van der Waals surface area contributed by atoms with E-state index in [0.717, 1.165) is 50.0 Å². The second-order valence-electron chi connectivity index (χ2n) is 7.08. The van der Waals surface area contributed by atoms with Crippen LogP contribution in [0.1, 0.15) is 58.1 Å². The van der Waals surface area contributed by atoms with Crippen LogP contribution in [-0.4, -0.2) is 45.4 Å². The third-order valence-electron chi connectivity index (χ3n) is 5.41. The van der Waals surface area contributed by atoms with Crippen LogP contribution in [0.25, 0.3) is 0 Å². The zero-order chi connectivity index (χ0) is 17.2. The Morgan fingerprint density at radius 1 is 1.32 bits per heavy atom. The van der Waals surface area contributed by atoms with Gasteiger partial charge in [0, 0.05) is 35.5 Å². The molecule has 1 aliphatic heterocycles. The molecule has 1 aliphatic carbocycles. The molecule has 0 radical (unpaired) electrons. The number of piperidine rings is 1. The van der Waals surface area contributed by atoms with Crippen molar-refractivity contribution in [3.63, 3.8) is 0 Å². The molecule has 25 heavy (non-hydrogen) atoms. The molecule has 5 nitrogen and oxygen atoms in total. The number of hydrogen-bond donors (Lipinski definition) is 1. The number of carbonyl (C=O) groups is 1. The smallest absolute Gasteiger partial charge is 0.255 e.